The van der Waals surface area contributed by atoms with Crippen LogP contribution in [0.4, 0.5) is 0 Å². The Labute approximate surface area is 172 Å². The second-order valence-electron chi connectivity index (χ2n) is 7.13. The van der Waals surface area contributed by atoms with Crippen molar-refractivity contribution >= 4 is 33.4 Å². The molecule has 1 amide bonds. The first-order valence-electron chi connectivity index (χ1n) is 9.55. The van der Waals surface area contributed by atoms with E-state index in [4.69, 9.17) is 0 Å². The Bertz CT molecular complexity index is 789. The summed E-state index contributed by atoms with van der Waals surface area (Å²) < 4.78 is 0. The topological polar surface area (TPSA) is 36.4 Å². The number of carbonyl (C=O) groups excluding carboxylic acids is 1. The van der Waals surface area contributed by atoms with Gasteiger partial charge in [-0.25, -0.2) is 0 Å². The molecule has 2 aliphatic rings. The van der Waals surface area contributed by atoms with Crippen LogP contribution in [0.3, 0.4) is 0 Å². The summed E-state index contributed by atoms with van der Waals surface area (Å²) in [4.78, 5) is 23.2. The third-order valence-corrected chi connectivity index (χ3v) is 7.60. The molecule has 2 heterocycles. The van der Waals surface area contributed by atoms with Crippen LogP contribution in [-0.2, 0) is 5.21 Å². The first kappa shape index (κ1) is 19.0. The average molecular weight is 442 g/mol. The maximum absolute atomic E-state index is 13.0. The van der Waals surface area contributed by atoms with Crippen molar-refractivity contribution < 1.29 is 4.79 Å². The van der Waals surface area contributed by atoms with Gasteiger partial charge in [-0.1, -0.05) is 0 Å². The molecule has 27 heavy (non-hydrogen) atoms. The third kappa shape index (κ3) is 4.77. The van der Waals surface area contributed by atoms with Gasteiger partial charge in [0.05, 0.1) is 0 Å². The molecular weight excluding hydrogens is 417 g/mol. The minimum atomic E-state index is 0.188. The molecule has 4 rings (SSSR count). The summed E-state index contributed by atoms with van der Waals surface area (Å²) in [6.07, 6.45) is 4.51. The van der Waals surface area contributed by atoms with E-state index >= 15 is 0 Å². The van der Waals surface area contributed by atoms with Crippen molar-refractivity contribution in [3.8, 4) is 0 Å². The van der Waals surface area contributed by atoms with Gasteiger partial charge in [-0.15, -0.1) is 0 Å². The van der Waals surface area contributed by atoms with E-state index in [1.165, 1.54) is 23.3 Å². The molecule has 6 heteroatoms. The molecule has 1 aromatic carbocycles. The normalized spacial score (nSPS) is 18.3. The van der Waals surface area contributed by atoms with E-state index in [2.05, 4.69) is 27.7 Å². The molecule has 0 spiro atoms. The van der Waals surface area contributed by atoms with Crippen LogP contribution in [0.2, 0.25) is 5.71 Å². The molecule has 1 aliphatic carbocycles. The van der Waals surface area contributed by atoms with Crippen LogP contribution in [0.5, 0.6) is 0 Å². The quantitative estimate of drug-likeness (QED) is 0.643. The molecule has 1 saturated carbocycles. The van der Waals surface area contributed by atoms with Gasteiger partial charge in [0.2, 0.25) is 0 Å². The Morgan fingerprint density at radius 3 is 2.67 bits per heavy atom. The Morgan fingerprint density at radius 1 is 1.19 bits per heavy atom. The minimum absolute atomic E-state index is 0.188. The predicted octanol–water partition coefficient (Wildman–Crippen LogP) is 3.41. The van der Waals surface area contributed by atoms with Crippen LogP contribution < -0.4 is 0 Å². The number of rotatable bonds is 6. The van der Waals surface area contributed by atoms with Crippen LogP contribution in [-0.4, -0.2) is 68.7 Å². The van der Waals surface area contributed by atoms with E-state index in [-0.39, 0.29) is 21.7 Å². The zero-order valence-electron chi connectivity index (χ0n) is 15.7. The number of piperazine rings is 1. The number of pyridine rings is 1. The summed E-state index contributed by atoms with van der Waals surface area (Å²) in [5.74, 6) is 0.188. The zero-order valence-corrected chi connectivity index (χ0v) is 18.4. The molecule has 141 valence electrons. The maximum atomic E-state index is 13.0. The SMILES string of the molecule is C[As]Cc1cc(C(=O)N2CCN(C3CC3)CC2)ccc1Sc1ccccn1. The van der Waals surface area contributed by atoms with Crippen molar-refractivity contribution in [2.24, 2.45) is 0 Å². The van der Waals surface area contributed by atoms with Crippen molar-refractivity contribution in [2.75, 3.05) is 26.2 Å². The van der Waals surface area contributed by atoms with Gasteiger partial charge in [-0.3, -0.25) is 0 Å². The van der Waals surface area contributed by atoms with Crippen LogP contribution in [0.25, 0.3) is 0 Å². The van der Waals surface area contributed by atoms with Crippen molar-refractivity contribution in [1.29, 1.82) is 0 Å². The number of nitrogens with zero attached hydrogens (tertiary/aromatic N) is 3. The standard InChI is InChI=1S/C21H25AsN3OS/c1-22-15-17-14-16(5-8-19(17)27-20-4-2-3-9-23-20)21(26)25-12-10-24(11-13-25)18-6-7-18/h2-5,8-9,14,18H,6-7,10-13,15H2,1H3. The molecular formula is C21H25AsN3OS. The van der Waals surface area contributed by atoms with Crippen molar-refractivity contribution in [1.82, 2.24) is 14.8 Å². The number of hydrogen-bond acceptors (Lipinski definition) is 4. The second kappa shape index (κ2) is 8.81. The molecule has 4 nitrogen and oxygen atoms in total. The molecule has 0 bridgehead atoms. The Kier molecular flexibility index (Phi) is 6.21. The molecule has 0 N–H and O–H groups in total. The van der Waals surface area contributed by atoms with Gasteiger partial charge in [-0.2, -0.15) is 0 Å². The fourth-order valence-corrected chi connectivity index (χ4v) is 5.92. The van der Waals surface area contributed by atoms with Gasteiger partial charge in [0.25, 0.3) is 0 Å². The predicted molar refractivity (Wildman–Crippen MR) is 111 cm³/mol. The number of amides is 1. The summed E-state index contributed by atoms with van der Waals surface area (Å²) in [5, 5.41) is 2.07. The summed E-state index contributed by atoms with van der Waals surface area (Å²) >= 11 is 1.95. The summed E-state index contributed by atoms with van der Waals surface area (Å²) in [5.41, 5.74) is 4.40. The van der Waals surface area contributed by atoms with Crippen molar-refractivity contribution in [2.45, 2.75) is 39.7 Å². The zero-order chi connectivity index (χ0) is 18.6. The van der Waals surface area contributed by atoms with E-state index in [0.717, 1.165) is 48.0 Å². The molecule has 0 unspecified atom stereocenters. The summed E-state index contributed by atoms with van der Waals surface area (Å²) in [6, 6.07) is 13.0. The molecule has 2 fully saturated rings. The van der Waals surface area contributed by atoms with Gasteiger partial charge in [-0.05, 0) is 0 Å². The second-order valence-corrected chi connectivity index (χ2v) is 10.2. The Hall–Kier alpha value is -1.29. The van der Waals surface area contributed by atoms with Gasteiger partial charge >= 0.3 is 173 Å². The number of carbonyl (C=O) groups is 1. The van der Waals surface area contributed by atoms with E-state index in [9.17, 15) is 4.79 Å². The molecule has 1 aliphatic heterocycles. The number of aromatic nitrogens is 1. The summed E-state index contributed by atoms with van der Waals surface area (Å²) in [6.45, 7) is 3.76. The van der Waals surface area contributed by atoms with Crippen LogP contribution in [0.15, 0.2) is 52.5 Å². The molecule has 2 aromatic rings. The van der Waals surface area contributed by atoms with Gasteiger partial charge in [0.15, 0.2) is 0 Å². The number of benzene rings is 1. The van der Waals surface area contributed by atoms with Gasteiger partial charge in [0, 0.05) is 0 Å². The Morgan fingerprint density at radius 2 is 2.00 bits per heavy atom. The molecule has 0 atom stereocenters. The number of hydrogen-bond donors (Lipinski definition) is 0. The van der Waals surface area contributed by atoms with E-state index in [1.54, 1.807) is 11.8 Å². The fraction of sp³-hybridized carbons (Fsp3) is 0.429. The van der Waals surface area contributed by atoms with Gasteiger partial charge in [0.1, 0.15) is 0 Å². The Balaban J connectivity index is 1.47. The molecule has 1 saturated heterocycles. The van der Waals surface area contributed by atoms with Crippen LogP contribution >= 0.6 is 11.8 Å². The molecule has 1 radical (unpaired) electrons. The van der Waals surface area contributed by atoms with Crippen LogP contribution in [0, 0.1) is 0 Å². The summed E-state index contributed by atoms with van der Waals surface area (Å²) in [7, 11) is 0. The van der Waals surface area contributed by atoms with Crippen molar-refractivity contribution in [3.05, 3.63) is 53.7 Å². The van der Waals surface area contributed by atoms with Crippen LogP contribution in [0.1, 0.15) is 28.8 Å². The first-order chi connectivity index (χ1) is 13.2. The monoisotopic (exact) mass is 442 g/mol. The average Bonchev–Trinajstić information content (AvgIpc) is 3.55. The van der Waals surface area contributed by atoms with E-state index in [1.807, 2.05) is 35.4 Å². The molecule has 1 aromatic heterocycles. The van der Waals surface area contributed by atoms with E-state index in [0.29, 0.717) is 0 Å². The third-order valence-electron chi connectivity index (χ3n) is 5.15. The first-order valence-corrected chi connectivity index (χ1v) is 13.6. The fourth-order valence-electron chi connectivity index (χ4n) is 3.54. The van der Waals surface area contributed by atoms with Gasteiger partial charge < -0.3 is 0 Å². The van der Waals surface area contributed by atoms with E-state index < -0.39 is 0 Å². The van der Waals surface area contributed by atoms with Crippen molar-refractivity contribution in [3.63, 3.8) is 0 Å².